The van der Waals surface area contributed by atoms with Crippen molar-refractivity contribution < 1.29 is 0 Å². The van der Waals surface area contributed by atoms with Gasteiger partial charge in [0.05, 0.1) is 0 Å². The number of hydrogen-bond acceptors (Lipinski definition) is 1. The van der Waals surface area contributed by atoms with Crippen LogP contribution in [-0.4, -0.2) is 5.87 Å². The normalized spacial score (nSPS) is 7.29. The first-order valence-electron chi connectivity index (χ1n) is 1.72. The van der Waals surface area contributed by atoms with Gasteiger partial charge in [-0.15, -0.1) is 0 Å². The van der Waals surface area contributed by atoms with Crippen molar-refractivity contribution in [3.05, 3.63) is 23.2 Å². The summed E-state index contributed by atoms with van der Waals surface area (Å²) in [5.74, 6) is 2.03. The number of hydrogen-bond donors (Lipinski definition) is 1. The SMILES string of the molecule is C#[N+]/C=C/C=C=N. The van der Waals surface area contributed by atoms with Crippen molar-refractivity contribution in [2.45, 2.75) is 0 Å². The summed E-state index contributed by atoms with van der Waals surface area (Å²) in [6.07, 6.45) is 4.30. The predicted octanol–water partition coefficient (Wildman–Crippen LogP) is 1.27. The number of allylic oxidation sites excluding steroid dienone is 2. The number of rotatable bonds is 1. The molecule has 2 heteroatoms. The molecule has 2 nitrogen and oxygen atoms in total. The first kappa shape index (κ1) is 5.68. The summed E-state index contributed by atoms with van der Waals surface area (Å²) in [4.78, 5) is 3.14. The lowest BCUT2D eigenvalue weighted by molar-refractivity contribution is 1.59. The van der Waals surface area contributed by atoms with Gasteiger partial charge >= 0.3 is 6.20 Å². The first-order valence-corrected chi connectivity index (χ1v) is 1.72. The standard InChI is InChI=1S/C5H5N2/c1-7-5-3-2-4-6/h1-3,5-6H/q+1/b5-3+. The maximum Gasteiger partial charge on any atom is 0.305 e. The molecule has 0 unspecified atom stereocenters. The summed E-state index contributed by atoms with van der Waals surface area (Å²) in [7, 11) is 0. The molecule has 7 heavy (non-hydrogen) atoms. The van der Waals surface area contributed by atoms with E-state index in [0.29, 0.717) is 0 Å². The van der Waals surface area contributed by atoms with Crippen LogP contribution in [0.3, 0.4) is 0 Å². The lowest BCUT2D eigenvalue weighted by Gasteiger charge is -1.48. The van der Waals surface area contributed by atoms with Gasteiger partial charge in [0.1, 0.15) is 0 Å². The lowest BCUT2D eigenvalue weighted by Crippen LogP contribution is -1.43. The van der Waals surface area contributed by atoms with Crippen molar-refractivity contribution in [3.8, 4) is 6.57 Å². The molecule has 0 aliphatic rings. The number of nitrogens with zero attached hydrogens (tertiary/aromatic N) is 1. The van der Waals surface area contributed by atoms with E-state index >= 15 is 0 Å². The molecule has 34 valence electrons. The maximum absolute atomic E-state index is 6.34. The van der Waals surface area contributed by atoms with Crippen LogP contribution < -0.4 is 0 Å². The highest BCUT2D eigenvalue weighted by Gasteiger charge is 1.63. The quantitative estimate of drug-likeness (QED) is 0.373. The Labute approximate surface area is 42.1 Å². The molecule has 0 aliphatic carbocycles. The number of nitrogens with one attached hydrogen (secondary N) is 1. The minimum atomic E-state index is 1.38. The van der Waals surface area contributed by atoms with Crippen LogP contribution >= 0.6 is 0 Å². The molecular formula is C5H5N2+. The van der Waals surface area contributed by atoms with Crippen molar-refractivity contribution >= 4 is 5.87 Å². The Kier molecular flexibility index (Phi) is 3.80. The van der Waals surface area contributed by atoms with E-state index in [0.717, 1.165) is 0 Å². The molecule has 1 N–H and O–H groups in total. The second kappa shape index (κ2) is 4.68. The Balaban J connectivity index is 3.54. The maximum atomic E-state index is 6.34. The van der Waals surface area contributed by atoms with Gasteiger partial charge in [-0.2, -0.15) is 0 Å². The minimum absolute atomic E-state index is 1.38. The monoisotopic (exact) mass is 93.0 g/mol. The molecular weight excluding hydrogens is 88.1 g/mol. The van der Waals surface area contributed by atoms with Crippen LogP contribution in [0.2, 0.25) is 0 Å². The summed E-state index contributed by atoms with van der Waals surface area (Å²) in [6.45, 7) is 4.70. The molecule has 0 atom stereocenters. The average molecular weight is 93.1 g/mol. The fourth-order valence-corrected chi connectivity index (χ4v) is 0.141. The molecule has 0 heterocycles. The fourth-order valence-electron chi connectivity index (χ4n) is 0.141. The third-order valence-electron chi connectivity index (χ3n) is 0.352. The zero-order valence-corrected chi connectivity index (χ0v) is 3.76. The molecule has 0 rings (SSSR count). The molecule has 0 aliphatic heterocycles. The van der Waals surface area contributed by atoms with Crippen LogP contribution in [0, 0.1) is 12.0 Å². The molecule has 0 bridgehead atoms. The highest BCUT2D eigenvalue weighted by molar-refractivity contribution is 5.50. The topological polar surface area (TPSA) is 28.2 Å². The molecule has 0 aromatic heterocycles. The van der Waals surface area contributed by atoms with E-state index in [9.17, 15) is 0 Å². The zero-order valence-electron chi connectivity index (χ0n) is 3.76. The van der Waals surface area contributed by atoms with Crippen molar-refractivity contribution in [1.82, 2.24) is 0 Å². The van der Waals surface area contributed by atoms with Crippen molar-refractivity contribution in [1.29, 1.82) is 5.41 Å². The zero-order chi connectivity index (χ0) is 5.54. The molecule has 0 saturated heterocycles. The fraction of sp³-hybridized carbons (Fsp3) is 0. The van der Waals surface area contributed by atoms with Crippen LogP contribution in [0.15, 0.2) is 18.4 Å². The summed E-state index contributed by atoms with van der Waals surface area (Å²) < 4.78 is 0. The van der Waals surface area contributed by atoms with E-state index in [1.807, 2.05) is 5.87 Å². The summed E-state index contributed by atoms with van der Waals surface area (Å²) in [5, 5.41) is 6.34. The molecule has 0 aromatic rings. The van der Waals surface area contributed by atoms with E-state index in [1.54, 1.807) is 0 Å². The Bertz CT molecular complexity index is 144. The van der Waals surface area contributed by atoms with Crippen LogP contribution in [0.5, 0.6) is 0 Å². The average Bonchev–Trinajstić information content (AvgIpc) is 1.69. The third kappa shape index (κ3) is 4.68. The molecule has 0 amide bonds. The van der Waals surface area contributed by atoms with E-state index in [1.165, 1.54) is 18.4 Å². The smallest absolute Gasteiger partial charge is 0.259 e. The molecule has 0 aromatic carbocycles. The van der Waals surface area contributed by atoms with Gasteiger partial charge in [-0.3, -0.25) is 5.41 Å². The second-order valence-corrected chi connectivity index (χ2v) is 0.802. The Hall–Kier alpha value is -1.32. The van der Waals surface area contributed by atoms with Crippen LogP contribution in [0.1, 0.15) is 0 Å². The van der Waals surface area contributed by atoms with Gasteiger partial charge in [0.25, 0.3) is 6.57 Å². The summed E-state index contributed by atoms with van der Waals surface area (Å²) >= 11 is 0. The predicted molar refractivity (Wildman–Crippen MR) is 29.7 cm³/mol. The van der Waals surface area contributed by atoms with Crippen molar-refractivity contribution in [2.75, 3.05) is 0 Å². The molecule has 0 fully saturated rings. The van der Waals surface area contributed by atoms with Crippen LogP contribution in [0.25, 0.3) is 4.85 Å². The van der Waals surface area contributed by atoms with Crippen LogP contribution in [-0.2, 0) is 0 Å². The molecule has 0 radical (unpaired) electrons. The van der Waals surface area contributed by atoms with Crippen molar-refractivity contribution in [3.63, 3.8) is 0 Å². The largest absolute Gasteiger partial charge is 0.305 e. The van der Waals surface area contributed by atoms with E-state index in [4.69, 9.17) is 12.0 Å². The van der Waals surface area contributed by atoms with Gasteiger partial charge in [-0.05, 0) is 10.7 Å². The van der Waals surface area contributed by atoms with Gasteiger partial charge in [-0.25, -0.2) is 0 Å². The lowest BCUT2D eigenvalue weighted by atomic mass is 10.6. The highest BCUT2D eigenvalue weighted by atomic mass is 14.6. The molecule has 0 spiro atoms. The Morgan fingerprint density at radius 1 is 1.71 bits per heavy atom. The second-order valence-electron chi connectivity index (χ2n) is 0.802. The van der Waals surface area contributed by atoms with Gasteiger partial charge < -0.3 is 0 Å². The summed E-state index contributed by atoms with van der Waals surface area (Å²) in [5.41, 5.74) is 0. The Morgan fingerprint density at radius 3 is 2.86 bits per heavy atom. The van der Waals surface area contributed by atoms with Crippen molar-refractivity contribution in [2.24, 2.45) is 0 Å². The van der Waals surface area contributed by atoms with Gasteiger partial charge in [0, 0.05) is 12.2 Å². The van der Waals surface area contributed by atoms with Crippen LogP contribution in [0.4, 0.5) is 0 Å². The summed E-state index contributed by atoms with van der Waals surface area (Å²) in [6, 6.07) is 0. The molecule has 0 saturated carbocycles. The van der Waals surface area contributed by atoms with Gasteiger partial charge in [0.15, 0.2) is 0 Å². The Morgan fingerprint density at radius 2 is 2.43 bits per heavy atom. The van der Waals surface area contributed by atoms with E-state index in [-0.39, 0.29) is 0 Å². The first-order chi connectivity index (χ1) is 3.41. The van der Waals surface area contributed by atoms with Gasteiger partial charge in [-0.1, -0.05) is 0 Å². The third-order valence-corrected chi connectivity index (χ3v) is 0.352. The highest BCUT2D eigenvalue weighted by Crippen LogP contribution is 1.69. The minimum Gasteiger partial charge on any atom is -0.259 e. The van der Waals surface area contributed by atoms with E-state index in [2.05, 4.69) is 4.85 Å². The van der Waals surface area contributed by atoms with Gasteiger partial charge in [0.2, 0.25) is 0 Å². The van der Waals surface area contributed by atoms with E-state index < -0.39 is 0 Å².